The minimum absolute atomic E-state index is 0.180. The van der Waals surface area contributed by atoms with Gasteiger partial charge in [0.2, 0.25) is 5.78 Å². The first-order valence-electron chi connectivity index (χ1n) is 11.6. The summed E-state index contributed by atoms with van der Waals surface area (Å²) in [5.41, 5.74) is -4.11. The van der Waals surface area contributed by atoms with Crippen LogP contribution in [-0.4, -0.2) is 56.0 Å². The van der Waals surface area contributed by atoms with E-state index in [2.05, 4.69) is 0 Å². The number of ketones is 2. The van der Waals surface area contributed by atoms with E-state index in [0.29, 0.717) is 4.57 Å². The number of nitriles is 1. The third-order valence-electron chi connectivity index (χ3n) is 6.59. The molecule has 0 fully saturated rings. The van der Waals surface area contributed by atoms with Crippen molar-refractivity contribution < 1.29 is 48.4 Å². The van der Waals surface area contributed by atoms with Gasteiger partial charge in [0.1, 0.15) is 17.5 Å². The number of hydrogen-bond donors (Lipinski definition) is 2. The van der Waals surface area contributed by atoms with Crippen molar-refractivity contribution in [3.8, 4) is 11.9 Å². The average molecular weight is 524 g/mol. The van der Waals surface area contributed by atoms with Crippen molar-refractivity contribution in [2.24, 2.45) is 5.92 Å². The van der Waals surface area contributed by atoms with Crippen LogP contribution in [0.15, 0.2) is 18.2 Å². The van der Waals surface area contributed by atoms with Crippen molar-refractivity contribution in [3.63, 3.8) is 0 Å². The maximum Gasteiger partial charge on any atom is 0.309 e. The molecular formula is C26H24N2O10. The van der Waals surface area contributed by atoms with Crippen molar-refractivity contribution in [1.29, 1.82) is 5.26 Å². The molecule has 198 valence electrons. The Bertz CT molecular complexity index is 1460. The number of carbonyl (C=O) groups is 5. The third kappa shape index (κ3) is 3.74. The van der Waals surface area contributed by atoms with Gasteiger partial charge >= 0.3 is 17.9 Å². The lowest BCUT2D eigenvalue weighted by Crippen LogP contribution is -2.57. The number of aliphatic hydroxyl groups is 1. The van der Waals surface area contributed by atoms with E-state index in [-0.39, 0.29) is 27.9 Å². The van der Waals surface area contributed by atoms with Crippen molar-refractivity contribution in [2.45, 2.75) is 58.5 Å². The summed E-state index contributed by atoms with van der Waals surface area (Å²) in [7, 11) is 0. The van der Waals surface area contributed by atoms with E-state index in [4.69, 9.17) is 14.2 Å². The topological polar surface area (TPSA) is 182 Å². The van der Waals surface area contributed by atoms with Gasteiger partial charge in [-0.2, -0.15) is 5.26 Å². The fourth-order valence-electron chi connectivity index (χ4n) is 4.97. The number of phenols is 1. The Hall–Kier alpha value is -4.50. The molecule has 2 N–H and O–H groups in total. The van der Waals surface area contributed by atoms with Gasteiger partial charge in [0.25, 0.3) is 0 Å². The second-order valence-corrected chi connectivity index (χ2v) is 9.54. The molecule has 1 aromatic heterocycles. The summed E-state index contributed by atoms with van der Waals surface area (Å²) < 4.78 is 17.3. The molecule has 4 atom stereocenters. The van der Waals surface area contributed by atoms with E-state index in [1.54, 1.807) is 6.19 Å². The van der Waals surface area contributed by atoms with Crippen LogP contribution in [0.2, 0.25) is 0 Å². The van der Waals surface area contributed by atoms with E-state index in [1.807, 2.05) is 0 Å². The highest BCUT2D eigenvalue weighted by Gasteiger charge is 2.61. The van der Waals surface area contributed by atoms with Crippen LogP contribution in [0.1, 0.15) is 90.1 Å². The molecule has 1 aromatic carbocycles. The zero-order chi connectivity index (χ0) is 28.3. The predicted molar refractivity (Wildman–Crippen MR) is 125 cm³/mol. The molecule has 0 spiro atoms. The van der Waals surface area contributed by atoms with E-state index in [9.17, 15) is 39.4 Å². The molecule has 12 heteroatoms. The first kappa shape index (κ1) is 26.6. The molecule has 0 aliphatic heterocycles. The lowest BCUT2D eigenvalue weighted by molar-refractivity contribution is -0.232. The highest BCUT2D eigenvalue weighted by Crippen LogP contribution is 2.52. The van der Waals surface area contributed by atoms with E-state index in [0.717, 1.165) is 13.8 Å². The number of aromatic nitrogens is 1. The van der Waals surface area contributed by atoms with Crippen molar-refractivity contribution >= 4 is 29.5 Å². The average Bonchev–Trinajstić information content (AvgIpc) is 3.18. The molecule has 4 rings (SSSR count). The first-order valence-corrected chi connectivity index (χ1v) is 11.6. The molecular weight excluding hydrogens is 500 g/mol. The SMILES string of the molecule is CC(=O)O[C@@H]1c2c(c3c(n2C#N)C(=O)c2c(O)cccc2C3=O)[C@H](O)[C@@H](OC(C)=O)[C@]1(C)OC(=O)C(C)C. The Morgan fingerprint density at radius 1 is 1.08 bits per heavy atom. The Morgan fingerprint density at radius 2 is 1.71 bits per heavy atom. The van der Waals surface area contributed by atoms with Gasteiger partial charge in [-0.25, -0.2) is 4.57 Å². The first-order chi connectivity index (χ1) is 17.8. The molecule has 0 saturated carbocycles. The smallest absolute Gasteiger partial charge is 0.309 e. The molecule has 12 nitrogen and oxygen atoms in total. The number of aliphatic hydroxyl groups excluding tert-OH is 1. The van der Waals surface area contributed by atoms with Gasteiger partial charge in [-0.15, -0.1) is 0 Å². The Labute approximate surface area is 216 Å². The predicted octanol–water partition coefficient (Wildman–Crippen LogP) is 1.84. The minimum Gasteiger partial charge on any atom is -0.507 e. The van der Waals surface area contributed by atoms with Gasteiger partial charge in [-0.1, -0.05) is 26.0 Å². The third-order valence-corrected chi connectivity index (χ3v) is 6.59. The molecule has 1 heterocycles. The summed E-state index contributed by atoms with van der Waals surface area (Å²) >= 11 is 0. The van der Waals surface area contributed by atoms with Crippen molar-refractivity contribution in [1.82, 2.24) is 4.57 Å². The lowest BCUT2D eigenvalue weighted by Gasteiger charge is -2.46. The number of benzene rings is 1. The van der Waals surface area contributed by atoms with Crippen LogP contribution in [0, 0.1) is 17.4 Å². The normalized spacial score (nSPS) is 23.6. The van der Waals surface area contributed by atoms with Gasteiger partial charge < -0.3 is 24.4 Å². The number of hydrogen-bond acceptors (Lipinski definition) is 11. The number of rotatable bonds is 4. The highest BCUT2D eigenvalue weighted by molar-refractivity contribution is 6.29. The Kier molecular flexibility index (Phi) is 6.37. The molecule has 0 saturated heterocycles. The number of fused-ring (bicyclic) bond motifs is 4. The van der Waals surface area contributed by atoms with Gasteiger partial charge in [0, 0.05) is 25.0 Å². The van der Waals surface area contributed by atoms with Crippen LogP contribution < -0.4 is 0 Å². The van der Waals surface area contributed by atoms with E-state index >= 15 is 0 Å². The van der Waals surface area contributed by atoms with Gasteiger partial charge in [0.15, 0.2) is 29.8 Å². The van der Waals surface area contributed by atoms with Crippen LogP contribution in [-0.2, 0) is 28.6 Å². The number of esters is 3. The molecule has 2 aliphatic carbocycles. The zero-order valence-electron chi connectivity index (χ0n) is 21.1. The summed E-state index contributed by atoms with van der Waals surface area (Å²) in [6.45, 7) is 6.38. The van der Waals surface area contributed by atoms with Crippen molar-refractivity contribution in [2.75, 3.05) is 0 Å². The molecule has 0 bridgehead atoms. The molecule has 2 aliphatic rings. The van der Waals surface area contributed by atoms with E-state index < -0.39 is 70.7 Å². The van der Waals surface area contributed by atoms with Gasteiger partial charge in [0.05, 0.1) is 22.7 Å². The van der Waals surface area contributed by atoms with Crippen LogP contribution in [0.4, 0.5) is 0 Å². The molecule has 0 amide bonds. The summed E-state index contributed by atoms with van der Waals surface area (Å²) in [5.74, 6) is -5.49. The van der Waals surface area contributed by atoms with Crippen LogP contribution >= 0.6 is 0 Å². The maximum absolute atomic E-state index is 13.6. The van der Waals surface area contributed by atoms with Gasteiger partial charge in [-0.05, 0) is 13.0 Å². The van der Waals surface area contributed by atoms with Crippen LogP contribution in [0.25, 0.3) is 0 Å². The number of nitrogens with zero attached hydrogens (tertiary/aromatic N) is 2. The standard InChI is InChI=1S/C26H24N2O10/c1-10(2)25(35)38-26(5)23(36-11(3)29)19-17(22(34)24(26)37-12(4)30)16-18(28(19)9-27)21(33)15-13(20(16)32)7-6-8-14(15)31/h6-8,10,22-24,31,34H,1-5H3/t22-,23+,24+,26+/m0/s1. The lowest BCUT2D eigenvalue weighted by atomic mass is 9.74. The zero-order valence-corrected chi connectivity index (χ0v) is 21.1. The molecule has 0 unspecified atom stereocenters. The Balaban J connectivity index is 2.11. The summed E-state index contributed by atoms with van der Waals surface area (Å²) in [5, 5.41) is 32.0. The van der Waals surface area contributed by atoms with Crippen molar-refractivity contribution in [3.05, 3.63) is 51.8 Å². The van der Waals surface area contributed by atoms with Crippen LogP contribution in [0.5, 0.6) is 5.75 Å². The number of carbonyl (C=O) groups excluding carboxylic acids is 5. The number of aromatic hydroxyl groups is 1. The monoisotopic (exact) mass is 524 g/mol. The van der Waals surface area contributed by atoms with Crippen LogP contribution in [0.3, 0.4) is 0 Å². The number of ether oxygens (including phenoxy) is 3. The summed E-state index contributed by atoms with van der Waals surface area (Å²) in [4.78, 5) is 64.3. The maximum atomic E-state index is 13.6. The molecule has 0 radical (unpaired) electrons. The highest BCUT2D eigenvalue weighted by atomic mass is 16.6. The quantitative estimate of drug-likeness (QED) is 0.375. The molecule has 38 heavy (non-hydrogen) atoms. The fraction of sp³-hybridized carbons (Fsp3) is 0.385. The van der Waals surface area contributed by atoms with Gasteiger partial charge in [-0.3, -0.25) is 24.0 Å². The second-order valence-electron chi connectivity index (χ2n) is 9.54. The minimum atomic E-state index is -2.10. The molecule has 2 aromatic rings. The largest absolute Gasteiger partial charge is 0.507 e. The van der Waals surface area contributed by atoms with E-state index in [1.165, 1.54) is 39.0 Å². The summed E-state index contributed by atoms with van der Waals surface area (Å²) in [6, 6.07) is 3.84. The summed E-state index contributed by atoms with van der Waals surface area (Å²) in [6.07, 6.45) is -3.55. The number of phenolic OH excluding ortho intramolecular Hbond substituents is 1. The second kappa shape index (κ2) is 9.11. The fourth-order valence-corrected chi connectivity index (χ4v) is 4.97. The Morgan fingerprint density at radius 3 is 2.26 bits per heavy atom.